The van der Waals surface area contributed by atoms with E-state index in [9.17, 15) is 8.42 Å². The quantitative estimate of drug-likeness (QED) is 0.599. The van der Waals surface area contributed by atoms with E-state index in [-0.39, 0.29) is 5.75 Å². The summed E-state index contributed by atoms with van der Waals surface area (Å²) in [5, 5.41) is 0. The SMILES string of the molecule is O=S(=O)(O)CCC[n+]1ccc(/C=C/c2cc3c4c(c2)CCCN4CCC3)cc1. The molecule has 1 aromatic heterocycles. The molecule has 0 saturated heterocycles. The first-order valence-corrected chi connectivity index (χ1v) is 11.6. The Morgan fingerprint density at radius 1 is 1.00 bits per heavy atom. The lowest BCUT2D eigenvalue weighted by Crippen LogP contribution is -2.34. The molecule has 0 unspecified atom stereocenters. The summed E-state index contributed by atoms with van der Waals surface area (Å²) in [5.41, 5.74) is 6.86. The number of aryl methyl sites for hydroxylation is 3. The highest BCUT2D eigenvalue weighted by Gasteiger charge is 2.23. The summed E-state index contributed by atoms with van der Waals surface area (Å²) >= 11 is 0. The standard InChI is InChI=1S/C22H26N2O3S/c25-28(26,27)15-3-10-23-13-8-18(9-14-23)6-7-19-16-20-4-1-11-24-12-2-5-21(17-19)22(20)24/h6-9,13-14,16-17H,1-5,10-12,15H2/p+1. The molecule has 0 saturated carbocycles. The molecule has 0 aliphatic carbocycles. The highest BCUT2D eigenvalue weighted by molar-refractivity contribution is 7.85. The summed E-state index contributed by atoms with van der Waals surface area (Å²) in [6.07, 6.45) is 13.4. The van der Waals surface area contributed by atoms with Crippen LogP contribution in [0.15, 0.2) is 36.7 Å². The van der Waals surface area contributed by atoms with Crippen LogP contribution in [0.5, 0.6) is 0 Å². The zero-order valence-corrected chi connectivity index (χ0v) is 16.9. The molecule has 2 aliphatic rings. The number of anilines is 1. The van der Waals surface area contributed by atoms with Gasteiger partial charge in [-0.05, 0) is 60.1 Å². The number of nitrogens with zero attached hydrogens (tertiary/aromatic N) is 2. The second-order valence-corrected chi connectivity index (χ2v) is 9.30. The molecule has 0 atom stereocenters. The van der Waals surface area contributed by atoms with Crippen LogP contribution in [0.2, 0.25) is 0 Å². The minimum Gasteiger partial charge on any atom is -0.371 e. The Labute approximate surface area is 167 Å². The van der Waals surface area contributed by atoms with Crippen molar-refractivity contribution in [2.45, 2.75) is 38.6 Å². The molecule has 0 radical (unpaired) electrons. The maximum atomic E-state index is 10.8. The summed E-state index contributed by atoms with van der Waals surface area (Å²) in [5.74, 6) is -0.209. The van der Waals surface area contributed by atoms with Crippen LogP contribution < -0.4 is 9.47 Å². The summed E-state index contributed by atoms with van der Waals surface area (Å²) in [4.78, 5) is 2.56. The molecule has 0 bridgehead atoms. The molecule has 6 heteroatoms. The second-order valence-electron chi connectivity index (χ2n) is 7.72. The van der Waals surface area contributed by atoms with Crippen molar-refractivity contribution in [2.75, 3.05) is 23.7 Å². The van der Waals surface area contributed by atoms with Gasteiger partial charge in [0.25, 0.3) is 10.1 Å². The third-order valence-electron chi connectivity index (χ3n) is 5.56. The van der Waals surface area contributed by atoms with E-state index in [2.05, 4.69) is 29.2 Å². The van der Waals surface area contributed by atoms with Crippen molar-refractivity contribution < 1.29 is 17.5 Å². The lowest BCUT2D eigenvalue weighted by atomic mass is 9.90. The van der Waals surface area contributed by atoms with E-state index in [1.54, 1.807) is 0 Å². The van der Waals surface area contributed by atoms with Gasteiger partial charge in [0.2, 0.25) is 0 Å². The average Bonchev–Trinajstić information content (AvgIpc) is 2.67. The molecule has 0 spiro atoms. The Morgan fingerprint density at radius 2 is 1.61 bits per heavy atom. The molecule has 4 rings (SSSR count). The van der Waals surface area contributed by atoms with Crippen LogP contribution in [-0.2, 0) is 29.5 Å². The normalized spacial score (nSPS) is 16.4. The third kappa shape index (κ3) is 4.62. The number of benzene rings is 1. The van der Waals surface area contributed by atoms with Crippen molar-refractivity contribution >= 4 is 28.0 Å². The minimum atomic E-state index is -3.88. The van der Waals surface area contributed by atoms with Crippen LogP contribution in [0.3, 0.4) is 0 Å². The predicted octanol–water partition coefficient (Wildman–Crippen LogP) is 3.12. The fourth-order valence-corrected chi connectivity index (χ4v) is 4.77. The molecular formula is C22H27N2O3S+. The number of hydrogen-bond acceptors (Lipinski definition) is 3. The van der Waals surface area contributed by atoms with Crippen LogP contribution >= 0.6 is 0 Å². The topological polar surface area (TPSA) is 61.5 Å². The van der Waals surface area contributed by atoms with Crippen molar-refractivity contribution in [2.24, 2.45) is 0 Å². The molecule has 28 heavy (non-hydrogen) atoms. The van der Waals surface area contributed by atoms with Crippen LogP contribution in [0, 0.1) is 0 Å². The van der Waals surface area contributed by atoms with Gasteiger partial charge in [-0.25, -0.2) is 4.57 Å². The van der Waals surface area contributed by atoms with Crippen molar-refractivity contribution in [3.8, 4) is 0 Å². The zero-order chi connectivity index (χ0) is 19.6. The highest BCUT2D eigenvalue weighted by atomic mass is 32.2. The van der Waals surface area contributed by atoms with E-state index < -0.39 is 10.1 Å². The van der Waals surface area contributed by atoms with Gasteiger partial charge in [-0.3, -0.25) is 4.55 Å². The predicted molar refractivity (Wildman–Crippen MR) is 112 cm³/mol. The van der Waals surface area contributed by atoms with Crippen molar-refractivity contribution in [3.05, 3.63) is 58.9 Å². The summed E-state index contributed by atoms with van der Waals surface area (Å²) in [6, 6.07) is 8.72. The van der Waals surface area contributed by atoms with Gasteiger partial charge in [0, 0.05) is 37.3 Å². The van der Waals surface area contributed by atoms with Gasteiger partial charge in [-0.15, -0.1) is 0 Å². The number of hydrogen-bond donors (Lipinski definition) is 1. The first-order valence-electron chi connectivity index (χ1n) is 10.0. The van der Waals surface area contributed by atoms with Gasteiger partial charge in [0.05, 0.1) is 5.75 Å². The zero-order valence-electron chi connectivity index (χ0n) is 16.0. The van der Waals surface area contributed by atoms with Gasteiger partial charge < -0.3 is 4.90 Å². The molecule has 5 nitrogen and oxygen atoms in total. The Morgan fingerprint density at radius 3 is 2.21 bits per heavy atom. The second kappa shape index (κ2) is 8.05. The van der Waals surface area contributed by atoms with Crippen LogP contribution in [0.4, 0.5) is 5.69 Å². The van der Waals surface area contributed by atoms with Gasteiger partial charge >= 0.3 is 0 Å². The Kier molecular flexibility index (Phi) is 5.51. The summed E-state index contributed by atoms with van der Waals surface area (Å²) in [7, 11) is -3.88. The highest BCUT2D eigenvalue weighted by Crippen LogP contribution is 2.36. The average molecular weight is 400 g/mol. The number of rotatable bonds is 6. The molecule has 0 amide bonds. The van der Waals surface area contributed by atoms with E-state index in [0.29, 0.717) is 13.0 Å². The first-order chi connectivity index (χ1) is 13.5. The van der Waals surface area contributed by atoms with Crippen molar-refractivity contribution in [3.63, 3.8) is 0 Å². The maximum Gasteiger partial charge on any atom is 0.265 e. The summed E-state index contributed by atoms with van der Waals surface area (Å²) in [6.45, 7) is 2.96. The monoisotopic (exact) mass is 399 g/mol. The van der Waals surface area contributed by atoms with Gasteiger partial charge in [0.1, 0.15) is 6.54 Å². The van der Waals surface area contributed by atoms with Gasteiger partial charge in [0.15, 0.2) is 12.4 Å². The van der Waals surface area contributed by atoms with Gasteiger partial charge in [-0.1, -0.05) is 12.2 Å². The molecule has 1 N–H and O–H groups in total. The molecular weight excluding hydrogens is 372 g/mol. The third-order valence-corrected chi connectivity index (χ3v) is 6.36. The Hall–Kier alpha value is -2.18. The van der Waals surface area contributed by atoms with Gasteiger partial charge in [-0.2, -0.15) is 8.42 Å². The number of aromatic nitrogens is 1. The van der Waals surface area contributed by atoms with E-state index in [1.165, 1.54) is 61.2 Å². The molecule has 148 valence electrons. The van der Waals surface area contributed by atoms with E-state index >= 15 is 0 Å². The fraction of sp³-hybridized carbons (Fsp3) is 0.409. The van der Waals surface area contributed by atoms with E-state index in [0.717, 1.165) is 5.56 Å². The fourth-order valence-electron chi connectivity index (χ4n) is 4.28. The summed E-state index contributed by atoms with van der Waals surface area (Å²) < 4.78 is 32.3. The van der Waals surface area contributed by atoms with Crippen molar-refractivity contribution in [1.29, 1.82) is 0 Å². The molecule has 1 aromatic carbocycles. The maximum absolute atomic E-state index is 10.8. The lowest BCUT2D eigenvalue weighted by molar-refractivity contribution is -0.696. The largest absolute Gasteiger partial charge is 0.371 e. The molecule has 0 fully saturated rings. The molecule has 3 heterocycles. The lowest BCUT2D eigenvalue weighted by Gasteiger charge is -2.37. The smallest absolute Gasteiger partial charge is 0.265 e. The Balaban J connectivity index is 1.44. The molecule has 2 aliphatic heterocycles. The van der Waals surface area contributed by atoms with Crippen LogP contribution in [0.1, 0.15) is 41.5 Å². The van der Waals surface area contributed by atoms with Crippen molar-refractivity contribution in [1.82, 2.24) is 0 Å². The Bertz CT molecular complexity index is 950. The first kappa shape index (κ1) is 19.2. The molecule has 2 aromatic rings. The number of pyridine rings is 1. The van der Waals surface area contributed by atoms with E-state index in [4.69, 9.17) is 4.55 Å². The van der Waals surface area contributed by atoms with E-state index in [1.807, 2.05) is 29.1 Å². The van der Waals surface area contributed by atoms with Crippen LogP contribution in [-0.4, -0.2) is 31.8 Å². The minimum absolute atomic E-state index is 0.209. The van der Waals surface area contributed by atoms with Crippen LogP contribution in [0.25, 0.3) is 12.2 Å².